The van der Waals surface area contributed by atoms with Crippen molar-refractivity contribution in [1.29, 1.82) is 0 Å². The monoisotopic (exact) mass is 425 g/mol. The highest BCUT2D eigenvalue weighted by Gasteiger charge is 2.17. The summed E-state index contributed by atoms with van der Waals surface area (Å²) in [4.78, 5) is 37.6. The second kappa shape index (κ2) is 9.71. The maximum Gasteiger partial charge on any atom is 0.338 e. The van der Waals surface area contributed by atoms with Gasteiger partial charge in [0.05, 0.1) is 30.2 Å². The number of carbonyl (C=O) groups excluding carboxylic acids is 3. The molecule has 1 aromatic heterocycles. The topological polar surface area (TPSA) is 90.9 Å². The predicted octanol–water partition coefficient (Wildman–Crippen LogP) is 4.06. The van der Waals surface area contributed by atoms with E-state index >= 15 is 0 Å². The van der Waals surface area contributed by atoms with Crippen molar-refractivity contribution in [3.05, 3.63) is 76.0 Å². The highest BCUT2D eigenvalue weighted by Crippen LogP contribution is 2.24. The number of nitrogens with one attached hydrogen (secondary N) is 1. The number of Topliss-reactive ketones (excluding diaryl/α,β-unsaturated/α-hetero) is 1. The lowest BCUT2D eigenvalue weighted by atomic mass is 10.1. The van der Waals surface area contributed by atoms with Gasteiger partial charge in [0.25, 0.3) is 5.91 Å². The Bertz CT molecular complexity index is 1060. The van der Waals surface area contributed by atoms with Gasteiger partial charge < -0.3 is 19.5 Å². The summed E-state index contributed by atoms with van der Waals surface area (Å²) in [6, 6.07) is 14.6. The first-order valence-electron chi connectivity index (χ1n) is 8.89. The summed E-state index contributed by atoms with van der Waals surface area (Å²) in [6.45, 7) is -0.464. The summed E-state index contributed by atoms with van der Waals surface area (Å²) in [7, 11) is 2.93. The van der Waals surface area contributed by atoms with Gasteiger partial charge in [0, 0.05) is 5.69 Å². The van der Waals surface area contributed by atoms with Crippen molar-refractivity contribution in [2.45, 2.75) is 0 Å². The van der Waals surface area contributed by atoms with Gasteiger partial charge in [0.2, 0.25) is 5.78 Å². The molecule has 154 valence electrons. The molecule has 0 aliphatic carbocycles. The standard InChI is InChI=1S/C22H19NO6S/c1-27-16-8-9-19(28-2)17(12-16)18(24)13-29-22(26)14-5-3-6-15(11-14)23-21(25)20-7-4-10-30-20/h3-12H,13H2,1-2H3,(H,23,25). The summed E-state index contributed by atoms with van der Waals surface area (Å²) in [5.74, 6) is -0.538. The highest BCUT2D eigenvalue weighted by molar-refractivity contribution is 7.12. The second-order valence-electron chi connectivity index (χ2n) is 6.08. The van der Waals surface area contributed by atoms with E-state index in [-0.39, 0.29) is 17.0 Å². The number of hydrogen-bond donors (Lipinski definition) is 1. The molecule has 0 unspecified atom stereocenters. The van der Waals surface area contributed by atoms with Crippen molar-refractivity contribution in [3.8, 4) is 11.5 Å². The fourth-order valence-electron chi connectivity index (χ4n) is 2.65. The lowest BCUT2D eigenvalue weighted by Crippen LogP contribution is -2.16. The van der Waals surface area contributed by atoms with Gasteiger partial charge in [0.15, 0.2) is 6.61 Å². The lowest BCUT2D eigenvalue weighted by molar-refractivity contribution is 0.0474. The van der Waals surface area contributed by atoms with Crippen LogP contribution in [0.5, 0.6) is 11.5 Å². The molecule has 1 amide bonds. The minimum Gasteiger partial charge on any atom is -0.497 e. The fraction of sp³-hybridized carbons (Fsp3) is 0.136. The molecular formula is C22H19NO6S. The Morgan fingerprint density at radius 2 is 1.80 bits per heavy atom. The molecule has 0 saturated carbocycles. The van der Waals surface area contributed by atoms with Crippen LogP contribution in [0.3, 0.4) is 0 Å². The predicted molar refractivity (Wildman–Crippen MR) is 113 cm³/mol. The van der Waals surface area contributed by atoms with Crippen LogP contribution in [0.25, 0.3) is 0 Å². The third kappa shape index (κ3) is 5.03. The maximum absolute atomic E-state index is 12.5. The van der Waals surface area contributed by atoms with Crippen molar-refractivity contribution < 1.29 is 28.6 Å². The van der Waals surface area contributed by atoms with Crippen molar-refractivity contribution >= 4 is 34.7 Å². The van der Waals surface area contributed by atoms with Crippen molar-refractivity contribution in [1.82, 2.24) is 0 Å². The van der Waals surface area contributed by atoms with E-state index in [0.717, 1.165) is 0 Å². The summed E-state index contributed by atoms with van der Waals surface area (Å²) >= 11 is 1.32. The average molecular weight is 425 g/mol. The Balaban J connectivity index is 1.65. The molecule has 1 N–H and O–H groups in total. The Morgan fingerprint density at radius 1 is 0.967 bits per heavy atom. The van der Waals surface area contributed by atoms with Crippen LogP contribution in [0, 0.1) is 0 Å². The molecule has 1 heterocycles. The van der Waals surface area contributed by atoms with Crippen LogP contribution in [0.2, 0.25) is 0 Å². The second-order valence-corrected chi connectivity index (χ2v) is 7.03. The van der Waals surface area contributed by atoms with Crippen LogP contribution in [0.4, 0.5) is 5.69 Å². The molecule has 0 aliphatic rings. The maximum atomic E-state index is 12.5. The average Bonchev–Trinajstić information content (AvgIpc) is 3.32. The zero-order chi connectivity index (χ0) is 21.5. The SMILES string of the molecule is COc1ccc(OC)c(C(=O)COC(=O)c2cccc(NC(=O)c3cccs3)c2)c1. The van der Waals surface area contributed by atoms with Gasteiger partial charge in [-0.3, -0.25) is 9.59 Å². The third-order valence-corrected chi connectivity index (χ3v) is 5.01. The first kappa shape index (κ1) is 21.1. The van der Waals surface area contributed by atoms with Gasteiger partial charge in [-0.05, 0) is 47.8 Å². The lowest BCUT2D eigenvalue weighted by Gasteiger charge is -2.10. The number of anilines is 1. The van der Waals surface area contributed by atoms with Crippen LogP contribution in [-0.4, -0.2) is 38.5 Å². The number of benzene rings is 2. The Hall–Kier alpha value is -3.65. The first-order valence-corrected chi connectivity index (χ1v) is 9.77. The van der Waals surface area contributed by atoms with Gasteiger partial charge in [-0.25, -0.2) is 4.79 Å². The zero-order valence-corrected chi connectivity index (χ0v) is 17.2. The minimum absolute atomic E-state index is 0.212. The van der Waals surface area contributed by atoms with Crippen LogP contribution in [0.15, 0.2) is 60.0 Å². The Labute approximate surface area is 177 Å². The van der Waals surface area contributed by atoms with Crippen LogP contribution in [-0.2, 0) is 4.74 Å². The number of rotatable bonds is 8. The Kier molecular flexibility index (Phi) is 6.82. The molecule has 8 heteroatoms. The number of methoxy groups -OCH3 is 2. The van der Waals surface area contributed by atoms with E-state index < -0.39 is 18.4 Å². The number of amides is 1. The Morgan fingerprint density at radius 3 is 2.50 bits per heavy atom. The molecule has 30 heavy (non-hydrogen) atoms. The van der Waals surface area contributed by atoms with Crippen LogP contribution < -0.4 is 14.8 Å². The van der Waals surface area contributed by atoms with Gasteiger partial charge in [0.1, 0.15) is 11.5 Å². The van der Waals surface area contributed by atoms with E-state index in [1.54, 1.807) is 47.8 Å². The molecule has 0 radical (unpaired) electrons. The zero-order valence-electron chi connectivity index (χ0n) is 16.3. The molecular weight excluding hydrogens is 406 g/mol. The molecule has 2 aromatic carbocycles. The molecule has 0 saturated heterocycles. The molecule has 0 atom stereocenters. The van der Waals surface area contributed by atoms with Gasteiger partial charge in [-0.1, -0.05) is 12.1 Å². The third-order valence-electron chi connectivity index (χ3n) is 4.14. The fourth-order valence-corrected chi connectivity index (χ4v) is 3.27. The van der Waals surface area contributed by atoms with Crippen LogP contribution in [0.1, 0.15) is 30.4 Å². The number of hydrogen-bond acceptors (Lipinski definition) is 7. The number of ether oxygens (including phenoxy) is 3. The summed E-state index contributed by atoms with van der Waals surface area (Å²) in [5.41, 5.74) is 0.912. The number of thiophene rings is 1. The smallest absolute Gasteiger partial charge is 0.338 e. The van der Waals surface area contributed by atoms with Gasteiger partial charge in [-0.15, -0.1) is 11.3 Å². The molecule has 3 aromatic rings. The molecule has 0 spiro atoms. The first-order chi connectivity index (χ1) is 14.5. The van der Waals surface area contributed by atoms with E-state index in [0.29, 0.717) is 22.1 Å². The highest BCUT2D eigenvalue weighted by atomic mass is 32.1. The number of esters is 1. The normalized spacial score (nSPS) is 10.2. The molecule has 0 aliphatic heterocycles. The van der Waals surface area contributed by atoms with E-state index in [1.165, 1.54) is 37.7 Å². The minimum atomic E-state index is -0.683. The van der Waals surface area contributed by atoms with Crippen LogP contribution >= 0.6 is 11.3 Å². The number of carbonyl (C=O) groups is 3. The molecule has 3 rings (SSSR count). The van der Waals surface area contributed by atoms with E-state index in [4.69, 9.17) is 14.2 Å². The van der Waals surface area contributed by atoms with Gasteiger partial charge >= 0.3 is 5.97 Å². The van der Waals surface area contributed by atoms with E-state index in [9.17, 15) is 14.4 Å². The van der Waals surface area contributed by atoms with Crippen molar-refractivity contribution in [2.75, 3.05) is 26.1 Å². The van der Waals surface area contributed by atoms with E-state index in [1.807, 2.05) is 0 Å². The van der Waals surface area contributed by atoms with E-state index in [2.05, 4.69) is 5.32 Å². The van der Waals surface area contributed by atoms with Crippen molar-refractivity contribution in [2.24, 2.45) is 0 Å². The van der Waals surface area contributed by atoms with Gasteiger partial charge in [-0.2, -0.15) is 0 Å². The number of ketones is 1. The molecule has 0 bridgehead atoms. The summed E-state index contributed by atoms with van der Waals surface area (Å²) in [6.07, 6.45) is 0. The molecule has 7 nitrogen and oxygen atoms in total. The van der Waals surface area contributed by atoms with Crippen molar-refractivity contribution in [3.63, 3.8) is 0 Å². The quantitative estimate of drug-likeness (QED) is 0.432. The largest absolute Gasteiger partial charge is 0.497 e. The summed E-state index contributed by atoms with van der Waals surface area (Å²) in [5, 5.41) is 4.53. The molecule has 0 fully saturated rings. The summed E-state index contributed by atoms with van der Waals surface area (Å²) < 4.78 is 15.5.